The van der Waals surface area contributed by atoms with Crippen LogP contribution in [0.1, 0.15) is 12.6 Å². The number of rotatable bonds is 9. The van der Waals surface area contributed by atoms with Crippen LogP contribution in [0, 0.1) is 0 Å². The van der Waals surface area contributed by atoms with Gasteiger partial charge in [-0.1, -0.05) is 25.1 Å². The molecule has 1 N–H and O–H groups in total. The Kier molecular flexibility index (Phi) is 6.05. The van der Waals surface area contributed by atoms with Crippen LogP contribution in [0.3, 0.4) is 0 Å². The summed E-state index contributed by atoms with van der Waals surface area (Å²) in [5.74, 6) is 0. The zero-order valence-corrected chi connectivity index (χ0v) is 12.4. The highest BCUT2D eigenvalue weighted by Crippen LogP contribution is 2.19. The predicted molar refractivity (Wildman–Crippen MR) is 82.0 cm³/mol. The second-order valence-corrected chi connectivity index (χ2v) is 4.73. The van der Waals surface area contributed by atoms with E-state index in [9.17, 15) is 0 Å². The van der Waals surface area contributed by atoms with Gasteiger partial charge in [0.05, 0.1) is 19.8 Å². The molecular formula is C16H24N2O2. The van der Waals surface area contributed by atoms with Gasteiger partial charge in [-0.3, -0.25) is 0 Å². The SMILES string of the molecule is CCNCc1cc2ccccc2n1CCOCCOC. The summed E-state index contributed by atoms with van der Waals surface area (Å²) in [6.45, 7) is 6.88. The fourth-order valence-electron chi connectivity index (χ4n) is 2.33. The first kappa shape index (κ1) is 15.0. The van der Waals surface area contributed by atoms with E-state index in [1.807, 2.05) is 0 Å². The van der Waals surface area contributed by atoms with Crippen LogP contribution < -0.4 is 5.32 Å². The molecule has 0 unspecified atom stereocenters. The van der Waals surface area contributed by atoms with Gasteiger partial charge in [0, 0.05) is 31.4 Å². The van der Waals surface area contributed by atoms with Gasteiger partial charge in [0.2, 0.25) is 0 Å². The van der Waals surface area contributed by atoms with E-state index in [4.69, 9.17) is 9.47 Å². The lowest BCUT2D eigenvalue weighted by molar-refractivity contribution is 0.0667. The van der Waals surface area contributed by atoms with Crippen molar-refractivity contribution in [2.75, 3.05) is 33.5 Å². The van der Waals surface area contributed by atoms with E-state index >= 15 is 0 Å². The first-order chi connectivity index (χ1) is 9.86. The molecule has 0 saturated heterocycles. The largest absolute Gasteiger partial charge is 0.382 e. The minimum Gasteiger partial charge on any atom is -0.382 e. The summed E-state index contributed by atoms with van der Waals surface area (Å²) in [5, 5.41) is 4.68. The third-order valence-electron chi connectivity index (χ3n) is 3.34. The number of nitrogens with zero attached hydrogens (tertiary/aromatic N) is 1. The van der Waals surface area contributed by atoms with Crippen molar-refractivity contribution < 1.29 is 9.47 Å². The van der Waals surface area contributed by atoms with Gasteiger partial charge in [0.1, 0.15) is 0 Å². The van der Waals surface area contributed by atoms with Crippen LogP contribution in [0.15, 0.2) is 30.3 Å². The van der Waals surface area contributed by atoms with Crippen LogP contribution in [-0.4, -0.2) is 38.0 Å². The third-order valence-corrected chi connectivity index (χ3v) is 3.34. The average molecular weight is 276 g/mol. The van der Waals surface area contributed by atoms with Gasteiger partial charge in [0.25, 0.3) is 0 Å². The Morgan fingerprint density at radius 3 is 2.80 bits per heavy atom. The van der Waals surface area contributed by atoms with Crippen molar-refractivity contribution in [3.63, 3.8) is 0 Å². The van der Waals surface area contributed by atoms with Gasteiger partial charge in [-0.25, -0.2) is 0 Å². The fourth-order valence-corrected chi connectivity index (χ4v) is 2.33. The molecule has 1 aromatic carbocycles. The topological polar surface area (TPSA) is 35.4 Å². The number of methoxy groups -OCH3 is 1. The number of hydrogen-bond acceptors (Lipinski definition) is 3. The Balaban J connectivity index is 2.07. The molecule has 1 aromatic heterocycles. The highest BCUT2D eigenvalue weighted by molar-refractivity contribution is 5.81. The minimum absolute atomic E-state index is 0.649. The quantitative estimate of drug-likeness (QED) is 0.714. The van der Waals surface area contributed by atoms with Crippen molar-refractivity contribution in [1.29, 1.82) is 0 Å². The summed E-state index contributed by atoms with van der Waals surface area (Å²) >= 11 is 0. The molecule has 2 rings (SSSR count). The smallest absolute Gasteiger partial charge is 0.0701 e. The van der Waals surface area contributed by atoms with Crippen molar-refractivity contribution in [3.8, 4) is 0 Å². The molecule has 4 nitrogen and oxygen atoms in total. The molecule has 0 aliphatic heterocycles. The number of ether oxygens (including phenoxy) is 2. The van der Waals surface area contributed by atoms with E-state index in [1.54, 1.807) is 7.11 Å². The highest BCUT2D eigenvalue weighted by Gasteiger charge is 2.07. The number of para-hydroxylation sites is 1. The molecule has 2 aromatic rings. The van der Waals surface area contributed by atoms with Gasteiger partial charge in [-0.15, -0.1) is 0 Å². The molecule has 0 bridgehead atoms. The summed E-state index contributed by atoms with van der Waals surface area (Å²) in [4.78, 5) is 0. The van der Waals surface area contributed by atoms with Crippen LogP contribution in [0.4, 0.5) is 0 Å². The molecule has 0 aliphatic rings. The third kappa shape index (κ3) is 3.82. The molecule has 0 spiro atoms. The predicted octanol–water partition coefficient (Wildman–Crippen LogP) is 2.41. The van der Waals surface area contributed by atoms with E-state index < -0.39 is 0 Å². The van der Waals surface area contributed by atoms with Gasteiger partial charge >= 0.3 is 0 Å². The zero-order chi connectivity index (χ0) is 14.2. The molecule has 4 heteroatoms. The maximum atomic E-state index is 5.59. The molecule has 0 radical (unpaired) electrons. The second kappa shape index (κ2) is 8.04. The fraction of sp³-hybridized carbons (Fsp3) is 0.500. The Bertz CT molecular complexity index is 522. The van der Waals surface area contributed by atoms with E-state index in [-0.39, 0.29) is 0 Å². The van der Waals surface area contributed by atoms with E-state index in [0.29, 0.717) is 19.8 Å². The van der Waals surface area contributed by atoms with Crippen molar-refractivity contribution >= 4 is 10.9 Å². The standard InChI is InChI=1S/C16H24N2O2/c1-3-17-13-15-12-14-6-4-5-7-16(14)18(15)8-9-20-11-10-19-2/h4-7,12,17H,3,8-11,13H2,1-2H3. The maximum Gasteiger partial charge on any atom is 0.0701 e. The van der Waals surface area contributed by atoms with Gasteiger partial charge in [-0.2, -0.15) is 0 Å². The lowest BCUT2D eigenvalue weighted by Gasteiger charge is -2.11. The molecule has 0 aliphatic carbocycles. The molecular weight excluding hydrogens is 252 g/mol. The lowest BCUT2D eigenvalue weighted by atomic mass is 10.2. The number of nitrogens with one attached hydrogen (secondary N) is 1. The minimum atomic E-state index is 0.649. The van der Waals surface area contributed by atoms with Gasteiger partial charge in [0.15, 0.2) is 0 Å². The monoisotopic (exact) mass is 276 g/mol. The van der Waals surface area contributed by atoms with Crippen LogP contribution in [0.2, 0.25) is 0 Å². The highest BCUT2D eigenvalue weighted by atomic mass is 16.5. The number of benzene rings is 1. The van der Waals surface area contributed by atoms with Gasteiger partial charge in [-0.05, 0) is 24.1 Å². The number of hydrogen-bond donors (Lipinski definition) is 1. The summed E-state index contributed by atoms with van der Waals surface area (Å²) in [6, 6.07) is 10.8. The van der Waals surface area contributed by atoms with Crippen LogP contribution in [0.5, 0.6) is 0 Å². The first-order valence-corrected chi connectivity index (χ1v) is 7.21. The molecule has 0 atom stereocenters. The molecule has 20 heavy (non-hydrogen) atoms. The Morgan fingerprint density at radius 1 is 1.15 bits per heavy atom. The van der Waals surface area contributed by atoms with E-state index in [0.717, 1.165) is 19.6 Å². The average Bonchev–Trinajstić information content (AvgIpc) is 2.83. The van der Waals surface area contributed by atoms with Crippen molar-refractivity contribution in [2.24, 2.45) is 0 Å². The molecule has 0 saturated carbocycles. The maximum absolute atomic E-state index is 5.59. The van der Waals surface area contributed by atoms with Crippen molar-refractivity contribution in [1.82, 2.24) is 9.88 Å². The van der Waals surface area contributed by atoms with Crippen LogP contribution in [-0.2, 0) is 22.6 Å². The number of fused-ring (bicyclic) bond motifs is 1. The molecule has 0 amide bonds. The normalized spacial score (nSPS) is 11.3. The summed E-state index contributed by atoms with van der Waals surface area (Å²) in [7, 11) is 1.69. The molecule has 0 fully saturated rings. The molecule has 110 valence electrons. The number of aromatic nitrogens is 1. The Hall–Kier alpha value is -1.36. The second-order valence-electron chi connectivity index (χ2n) is 4.73. The van der Waals surface area contributed by atoms with Gasteiger partial charge < -0.3 is 19.4 Å². The zero-order valence-electron chi connectivity index (χ0n) is 12.4. The Labute approximate surface area is 120 Å². The van der Waals surface area contributed by atoms with Crippen LogP contribution in [0.25, 0.3) is 10.9 Å². The van der Waals surface area contributed by atoms with Crippen molar-refractivity contribution in [2.45, 2.75) is 20.0 Å². The van der Waals surface area contributed by atoms with Crippen LogP contribution >= 0.6 is 0 Å². The Morgan fingerprint density at radius 2 is 2.00 bits per heavy atom. The van der Waals surface area contributed by atoms with Crippen molar-refractivity contribution in [3.05, 3.63) is 36.0 Å². The first-order valence-electron chi connectivity index (χ1n) is 7.21. The summed E-state index contributed by atoms with van der Waals surface area (Å²) in [6.07, 6.45) is 0. The van der Waals surface area contributed by atoms with E-state index in [2.05, 4.69) is 47.1 Å². The van der Waals surface area contributed by atoms with E-state index in [1.165, 1.54) is 16.6 Å². The lowest BCUT2D eigenvalue weighted by Crippen LogP contribution is -2.17. The summed E-state index contributed by atoms with van der Waals surface area (Å²) < 4.78 is 12.9. The molecule has 1 heterocycles. The summed E-state index contributed by atoms with van der Waals surface area (Å²) in [5.41, 5.74) is 2.58.